The number of hydrogen-bond donors (Lipinski definition) is 2. The van der Waals surface area contributed by atoms with Crippen LogP contribution in [-0.4, -0.2) is 77.8 Å². The number of nitrogens with zero attached hydrogens (tertiary/aromatic N) is 2. The molecule has 0 bridgehead atoms. The number of nitrogens with one attached hydrogen (secondary N) is 1. The Hall–Kier alpha value is -2.64. The molecule has 232 valence electrons. The lowest BCUT2D eigenvalue weighted by Gasteiger charge is -2.35. The number of thioether (sulfide) groups is 1. The van der Waals surface area contributed by atoms with Gasteiger partial charge in [-0.3, -0.25) is 9.69 Å². The fraction of sp³-hybridized carbons (Fsp3) is 0.552. The number of amides is 1. The highest BCUT2D eigenvalue weighted by molar-refractivity contribution is 8.00. The third-order valence-electron chi connectivity index (χ3n) is 7.51. The first-order chi connectivity index (χ1) is 19.9. The van der Waals surface area contributed by atoms with E-state index < -0.39 is 23.9 Å². The number of alkyl halides is 6. The minimum absolute atomic E-state index is 0.0723. The third-order valence-corrected chi connectivity index (χ3v) is 8.25. The summed E-state index contributed by atoms with van der Waals surface area (Å²) in [5.74, 6) is 0.237. The minimum Gasteiger partial charge on any atom is -0.488 e. The Labute approximate surface area is 245 Å². The summed E-state index contributed by atoms with van der Waals surface area (Å²) < 4.78 is 80.5. The quantitative estimate of drug-likeness (QED) is 0.297. The number of hydrogen-bond acceptors (Lipinski definition) is 6. The zero-order chi connectivity index (χ0) is 30.3. The average Bonchev–Trinajstić information content (AvgIpc) is 3.35. The molecule has 0 radical (unpaired) electrons. The number of aliphatic hydroxyl groups excluding tert-OH is 1. The van der Waals surface area contributed by atoms with E-state index in [-0.39, 0.29) is 28.7 Å². The van der Waals surface area contributed by atoms with E-state index in [1.807, 2.05) is 0 Å². The molecule has 2 aromatic rings. The fourth-order valence-corrected chi connectivity index (χ4v) is 5.94. The van der Waals surface area contributed by atoms with Crippen LogP contribution < -0.4 is 10.1 Å². The lowest BCUT2D eigenvalue weighted by Crippen LogP contribution is -2.51. The van der Waals surface area contributed by atoms with Crippen LogP contribution in [0.5, 0.6) is 5.75 Å². The van der Waals surface area contributed by atoms with Gasteiger partial charge in [-0.05, 0) is 72.6 Å². The predicted molar refractivity (Wildman–Crippen MR) is 149 cm³/mol. The van der Waals surface area contributed by atoms with Gasteiger partial charge in [0.15, 0.2) is 0 Å². The minimum atomic E-state index is -4.34. The summed E-state index contributed by atoms with van der Waals surface area (Å²) >= 11 is -0.0723. The monoisotopic (exact) mass is 619 g/mol. The molecule has 5 rings (SSSR count). The Bertz CT molecular complexity index is 1160. The molecule has 0 aromatic heterocycles. The van der Waals surface area contributed by atoms with Crippen molar-refractivity contribution in [2.45, 2.75) is 67.3 Å². The first kappa shape index (κ1) is 32.3. The number of anilines is 1. The van der Waals surface area contributed by atoms with Crippen molar-refractivity contribution in [3.63, 3.8) is 0 Å². The molecule has 1 amide bonds. The summed E-state index contributed by atoms with van der Waals surface area (Å²) in [6, 6.07) is 10.5. The van der Waals surface area contributed by atoms with E-state index in [9.17, 15) is 31.1 Å². The molecule has 2 fully saturated rings. The standard InChI is InChI=1S/C16H19F3N2O3.C13H16F3NS/c17-16(18,19)12-1-2-14-11(7-12)8-13(24-14)9-20-3-5-21(6-4-20)15(23)10-22;14-13(15,16)18-12-8-6-11(7-9-12)17-10-4-2-1-3-5-10/h1-2,7,13,22H,3-6,8-10H2;6-10,17H,1-5H2. The normalized spacial score (nSPS) is 19.9. The molecule has 42 heavy (non-hydrogen) atoms. The second-order valence-electron chi connectivity index (χ2n) is 10.7. The lowest BCUT2D eigenvalue weighted by molar-refractivity contribution is -0.137. The van der Waals surface area contributed by atoms with Crippen molar-refractivity contribution in [1.29, 1.82) is 0 Å². The molecule has 2 heterocycles. The third kappa shape index (κ3) is 9.70. The molecule has 6 nitrogen and oxygen atoms in total. The van der Waals surface area contributed by atoms with Crippen LogP contribution in [0.15, 0.2) is 47.4 Å². The zero-order valence-corrected chi connectivity index (χ0v) is 23.8. The smallest absolute Gasteiger partial charge is 0.446 e. The first-order valence-electron chi connectivity index (χ1n) is 14.0. The number of ether oxygens (including phenoxy) is 1. The zero-order valence-electron chi connectivity index (χ0n) is 23.0. The Kier molecular flexibility index (Phi) is 10.9. The Balaban J connectivity index is 0.000000201. The highest BCUT2D eigenvalue weighted by atomic mass is 32.2. The number of piperazine rings is 1. The van der Waals surface area contributed by atoms with Crippen LogP contribution >= 0.6 is 11.8 Å². The molecular formula is C29H35F6N3O3S. The highest BCUT2D eigenvalue weighted by Crippen LogP contribution is 2.38. The molecule has 1 aliphatic carbocycles. The van der Waals surface area contributed by atoms with Gasteiger partial charge in [0.25, 0.3) is 0 Å². The number of carbonyl (C=O) groups is 1. The van der Waals surface area contributed by atoms with E-state index in [2.05, 4.69) is 10.2 Å². The van der Waals surface area contributed by atoms with Gasteiger partial charge >= 0.3 is 11.7 Å². The molecular weight excluding hydrogens is 584 g/mol. The van der Waals surface area contributed by atoms with E-state index >= 15 is 0 Å². The molecule has 13 heteroatoms. The van der Waals surface area contributed by atoms with Crippen LogP contribution in [0.2, 0.25) is 0 Å². The maximum atomic E-state index is 12.8. The van der Waals surface area contributed by atoms with E-state index in [4.69, 9.17) is 9.84 Å². The molecule has 2 N–H and O–H groups in total. The molecule has 3 aliphatic rings. The number of carbonyl (C=O) groups excluding carboxylic acids is 1. The predicted octanol–water partition coefficient (Wildman–Crippen LogP) is 6.19. The fourth-order valence-electron chi connectivity index (χ4n) is 5.40. The average molecular weight is 620 g/mol. The van der Waals surface area contributed by atoms with Crippen molar-refractivity contribution in [3.05, 3.63) is 53.6 Å². The number of benzene rings is 2. The van der Waals surface area contributed by atoms with Gasteiger partial charge in [-0.15, -0.1) is 0 Å². The van der Waals surface area contributed by atoms with E-state index in [0.29, 0.717) is 56.5 Å². The Morgan fingerprint density at radius 3 is 2.21 bits per heavy atom. The summed E-state index contributed by atoms with van der Waals surface area (Å²) in [4.78, 5) is 15.4. The largest absolute Gasteiger partial charge is 0.488 e. The molecule has 0 spiro atoms. The maximum absolute atomic E-state index is 12.8. The summed E-state index contributed by atoms with van der Waals surface area (Å²) in [7, 11) is 0. The van der Waals surface area contributed by atoms with E-state index in [1.54, 1.807) is 17.0 Å². The van der Waals surface area contributed by atoms with Crippen molar-refractivity contribution in [2.24, 2.45) is 0 Å². The lowest BCUT2D eigenvalue weighted by atomic mass is 9.95. The second kappa shape index (κ2) is 14.2. The summed E-state index contributed by atoms with van der Waals surface area (Å²) in [5.41, 5.74) is -3.36. The van der Waals surface area contributed by atoms with Crippen molar-refractivity contribution in [1.82, 2.24) is 9.80 Å². The van der Waals surface area contributed by atoms with Gasteiger partial charge in [0, 0.05) is 55.8 Å². The van der Waals surface area contributed by atoms with Crippen LogP contribution in [0, 0.1) is 0 Å². The van der Waals surface area contributed by atoms with Crippen molar-refractivity contribution in [2.75, 3.05) is 44.6 Å². The van der Waals surface area contributed by atoms with Crippen LogP contribution in [0.1, 0.15) is 43.2 Å². The van der Waals surface area contributed by atoms with Gasteiger partial charge < -0.3 is 20.1 Å². The van der Waals surface area contributed by atoms with Crippen molar-refractivity contribution >= 4 is 23.4 Å². The number of rotatable bonds is 6. The number of halogens is 6. The van der Waals surface area contributed by atoms with Gasteiger partial charge in [-0.1, -0.05) is 19.3 Å². The summed E-state index contributed by atoms with van der Waals surface area (Å²) in [5, 5.41) is 12.2. The SMILES string of the molecule is FC(F)(F)Sc1ccc(NC2CCCCC2)cc1.O=C(CO)N1CCN(CC2Cc3cc(C(F)(F)F)ccc3O2)CC1. The molecule has 1 unspecified atom stereocenters. The van der Waals surface area contributed by atoms with Gasteiger partial charge in [0.1, 0.15) is 18.5 Å². The second-order valence-corrected chi connectivity index (χ2v) is 11.8. The van der Waals surface area contributed by atoms with Crippen LogP contribution in [0.25, 0.3) is 0 Å². The molecule has 2 aromatic carbocycles. The Morgan fingerprint density at radius 2 is 1.62 bits per heavy atom. The number of aliphatic hydroxyl groups is 1. The topological polar surface area (TPSA) is 65.0 Å². The first-order valence-corrected chi connectivity index (χ1v) is 14.8. The van der Waals surface area contributed by atoms with Gasteiger partial charge in [-0.2, -0.15) is 26.3 Å². The Morgan fingerprint density at radius 1 is 0.952 bits per heavy atom. The van der Waals surface area contributed by atoms with Crippen LogP contribution in [0.4, 0.5) is 32.0 Å². The van der Waals surface area contributed by atoms with Gasteiger partial charge in [0.2, 0.25) is 5.91 Å². The molecule has 1 atom stereocenters. The van der Waals surface area contributed by atoms with Gasteiger partial charge in [0.05, 0.1) is 5.56 Å². The molecule has 1 saturated heterocycles. The van der Waals surface area contributed by atoms with Gasteiger partial charge in [-0.25, -0.2) is 0 Å². The van der Waals surface area contributed by atoms with E-state index in [0.717, 1.165) is 30.7 Å². The molecule has 2 aliphatic heterocycles. The van der Waals surface area contributed by atoms with Crippen molar-refractivity contribution < 1.29 is 41.0 Å². The molecule has 1 saturated carbocycles. The van der Waals surface area contributed by atoms with Crippen LogP contribution in [-0.2, 0) is 17.4 Å². The maximum Gasteiger partial charge on any atom is 0.446 e. The van der Waals surface area contributed by atoms with Crippen molar-refractivity contribution in [3.8, 4) is 5.75 Å². The summed E-state index contributed by atoms with van der Waals surface area (Å²) in [6.45, 7) is 2.53. The number of fused-ring (bicyclic) bond motifs is 1. The highest BCUT2D eigenvalue weighted by Gasteiger charge is 2.34. The summed E-state index contributed by atoms with van der Waals surface area (Å²) in [6.07, 6.45) is 2.00. The van der Waals surface area contributed by atoms with Crippen LogP contribution in [0.3, 0.4) is 0 Å². The van der Waals surface area contributed by atoms with E-state index in [1.165, 1.54) is 37.5 Å².